The molecule has 27 heavy (non-hydrogen) atoms. The molecule has 4 rings (SSSR count). The van der Waals surface area contributed by atoms with Crippen LogP contribution in [0.2, 0.25) is 5.02 Å². The summed E-state index contributed by atoms with van der Waals surface area (Å²) in [4.78, 5) is 33.8. The summed E-state index contributed by atoms with van der Waals surface area (Å²) in [6.07, 6.45) is 4.49. The molecule has 0 aliphatic carbocycles. The predicted molar refractivity (Wildman–Crippen MR) is 102 cm³/mol. The van der Waals surface area contributed by atoms with Crippen LogP contribution in [-0.4, -0.2) is 36.8 Å². The van der Waals surface area contributed by atoms with Crippen molar-refractivity contribution in [1.82, 2.24) is 19.7 Å². The molecule has 1 atom stereocenters. The number of halogens is 1. The number of amides is 2. The molecule has 0 radical (unpaired) electrons. The first-order valence-corrected chi connectivity index (χ1v) is 9.23. The minimum Gasteiger partial charge on any atom is -0.324 e. The van der Waals surface area contributed by atoms with E-state index in [9.17, 15) is 9.59 Å². The molecule has 0 spiro atoms. The Morgan fingerprint density at radius 3 is 3.07 bits per heavy atom. The van der Waals surface area contributed by atoms with Gasteiger partial charge in [-0.2, -0.15) is 5.10 Å². The van der Waals surface area contributed by atoms with Gasteiger partial charge in [-0.1, -0.05) is 11.6 Å². The third-order valence-corrected chi connectivity index (χ3v) is 5.34. The number of anilines is 2. The van der Waals surface area contributed by atoms with Crippen LogP contribution in [0.5, 0.6) is 0 Å². The summed E-state index contributed by atoms with van der Waals surface area (Å²) in [6, 6.07) is 8.70. The average molecular weight is 401 g/mol. The molecular formula is C17H13ClN6O2S. The molecule has 0 saturated carbocycles. The molecule has 0 bridgehead atoms. The van der Waals surface area contributed by atoms with Crippen molar-refractivity contribution in [1.29, 1.82) is 0 Å². The van der Waals surface area contributed by atoms with Crippen LogP contribution < -0.4 is 10.6 Å². The lowest BCUT2D eigenvalue weighted by Crippen LogP contribution is -2.32. The van der Waals surface area contributed by atoms with Gasteiger partial charge >= 0.3 is 0 Å². The van der Waals surface area contributed by atoms with Crippen molar-refractivity contribution >= 4 is 46.6 Å². The summed E-state index contributed by atoms with van der Waals surface area (Å²) in [6.45, 7) is 0. The average Bonchev–Trinajstić information content (AvgIpc) is 3.17. The van der Waals surface area contributed by atoms with Gasteiger partial charge < -0.3 is 10.6 Å². The highest BCUT2D eigenvalue weighted by atomic mass is 35.5. The molecule has 10 heteroatoms. The minimum atomic E-state index is -0.537. The van der Waals surface area contributed by atoms with E-state index in [4.69, 9.17) is 11.6 Å². The summed E-state index contributed by atoms with van der Waals surface area (Å²) >= 11 is 7.29. The number of hydrogen-bond acceptors (Lipinski definition) is 6. The van der Waals surface area contributed by atoms with E-state index in [0.717, 1.165) is 4.90 Å². The number of pyridine rings is 1. The van der Waals surface area contributed by atoms with Gasteiger partial charge in [0.2, 0.25) is 11.8 Å². The Balaban J connectivity index is 1.48. The van der Waals surface area contributed by atoms with Gasteiger partial charge in [0, 0.05) is 22.5 Å². The van der Waals surface area contributed by atoms with Crippen molar-refractivity contribution in [3.63, 3.8) is 0 Å². The van der Waals surface area contributed by atoms with Crippen molar-refractivity contribution in [2.45, 2.75) is 16.6 Å². The molecule has 1 aliphatic heterocycles. The summed E-state index contributed by atoms with van der Waals surface area (Å²) in [5.41, 5.74) is 1.15. The number of carbonyl (C=O) groups is 2. The zero-order valence-electron chi connectivity index (χ0n) is 13.8. The van der Waals surface area contributed by atoms with E-state index < -0.39 is 5.25 Å². The van der Waals surface area contributed by atoms with E-state index in [-0.39, 0.29) is 18.2 Å². The molecule has 1 aliphatic rings. The maximum Gasteiger partial charge on any atom is 0.238 e. The Morgan fingerprint density at radius 1 is 1.37 bits per heavy atom. The van der Waals surface area contributed by atoms with E-state index >= 15 is 0 Å². The Bertz CT molecular complexity index is 1010. The highest BCUT2D eigenvalue weighted by molar-refractivity contribution is 8.01. The van der Waals surface area contributed by atoms with E-state index in [0.29, 0.717) is 22.2 Å². The normalized spacial score (nSPS) is 15.7. The predicted octanol–water partition coefficient (Wildman–Crippen LogP) is 2.76. The fourth-order valence-electron chi connectivity index (χ4n) is 2.62. The molecule has 2 amide bonds. The van der Waals surface area contributed by atoms with Crippen LogP contribution in [0.1, 0.15) is 6.42 Å². The first-order valence-electron chi connectivity index (χ1n) is 7.97. The maximum atomic E-state index is 12.5. The van der Waals surface area contributed by atoms with Gasteiger partial charge in [0.25, 0.3) is 0 Å². The zero-order chi connectivity index (χ0) is 18.8. The smallest absolute Gasteiger partial charge is 0.238 e. The van der Waals surface area contributed by atoms with Gasteiger partial charge in [0.1, 0.15) is 12.7 Å². The fraction of sp³-hybridized carbons (Fsp3) is 0.118. The number of aromatic nitrogens is 4. The van der Waals surface area contributed by atoms with E-state index in [1.165, 1.54) is 29.1 Å². The van der Waals surface area contributed by atoms with E-state index in [1.54, 1.807) is 30.5 Å². The number of rotatable bonds is 4. The number of nitrogens with zero attached hydrogens (tertiary/aromatic N) is 4. The maximum absolute atomic E-state index is 12.5. The summed E-state index contributed by atoms with van der Waals surface area (Å²) in [7, 11) is 0. The number of nitrogens with one attached hydrogen (secondary N) is 2. The molecular weight excluding hydrogens is 388 g/mol. The highest BCUT2D eigenvalue weighted by Crippen LogP contribution is 2.38. The Morgan fingerprint density at radius 2 is 2.26 bits per heavy atom. The standard InChI is InChI=1S/C17H13ClN6O2S/c18-10-3-4-13-12(6-10)23-17(26)14(27-13)7-15(25)22-11-2-1-5-20-16(11)24-9-19-8-21-24/h1-6,8-9,14H,7H2,(H,22,25)(H,23,26). The van der Waals surface area contributed by atoms with Crippen molar-refractivity contribution in [3.05, 3.63) is 54.2 Å². The Hall–Kier alpha value is -2.91. The molecule has 1 unspecified atom stereocenters. The monoisotopic (exact) mass is 400 g/mol. The van der Waals surface area contributed by atoms with Gasteiger partial charge in [-0.15, -0.1) is 11.8 Å². The van der Waals surface area contributed by atoms with Crippen LogP contribution in [0.4, 0.5) is 11.4 Å². The first kappa shape index (κ1) is 17.5. The van der Waals surface area contributed by atoms with Crippen LogP contribution in [0, 0.1) is 0 Å². The summed E-state index contributed by atoms with van der Waals surface area (Å²) in [5, 5.41) is 9.62. The van der Waals surface area contributed by atoms with Crippen LogP contribution in [0.3, 0.4) is 0 Å². The van der Waals surface area contributed by atoms with Gasteiger partial charge in [0.15, 0.2) is 5.82 Å². The highest BCUT2D eigenvalue weighted by Gasteiger charge is 2.29. The van der Waals surface area contributed by atoms with Gasteiger partial charge in [-0.05, 0) is 30.3 Å². The molecule has 8 nitrogen and oxygen atoms in total. The molecule has 2 aromatic heterocycles. The molecule has 2 N–H and O–H groups in total. The molecule has 1 aromatic carbocycles. The summed E-state index contributed by atoms with van der Waals surface area (Å²) in [5.74, 6) is -0.0777. The van der Waals surface area contributed by atoms with Crippen molar-refractivity contribution < 1.29 is 9.59 Å². The van der Waals surface area contributed by atoms with Gasteiger partial charge in [0.05, 0.1) is 16.6 Å². The molecule has 136 valence electrons. The molecule has 0 saturated heterocycles. The van der Waals surface area contributed by atoms with E-state index in [1.807, 2.05) is 6.07 Å². The van der Waals surface area contributed by atoms with Gasteiger partial charge in [-0.25, -0.2) is 14.6 Å². The van der Waals surface area contributed by atoms with E-state index in [2.05, 4.69) is 25.7 Å². The number of fused-ring (bicyclic) bond motifs is 1. The quantitative estimate of drug-likeness (QED) is 0.698. The molecule has 3 heterocycles. The van der Waals surface area contributed by atoms with Crippen LogP contribution in [0.15, 0.2) is 54.1 Å². The minimum absolute atomic E-state index is 0.0181. The first-order chi connectivity index (χ1) is 13.1. The lowest BCUT2D eigenvalue weighted by Gasteiger charge is -2.24. The number of carbonyl (C=O) groups excluding carboxylic acids is 2. The second kappa shape index (κ2) is 7.37. The van der Waals surface area contributed by atoms with Crippen LogP contribution in [-0.2, 0) is 9.59 Å². The molecule has 3 aromatic rings. The topological polar surface area (TPSA) is 102 Å². The lowest BCUT2D eigenvalue weighted by atomic mass is 10.2. The third-order valence-electron chi connectivity index (χ3n) is 3.83. The van der Waals surface area contributed by atoms with Crippen molar-refractivity contribution in [3.8, 4) is 5.82 Å². The number of thioether (sulfide) groups is 1. The van der Waals surface area contributed by atoms with Crippen molar-refractivity contribution in [2.24, 2.45) is 0 Å². The van der Waals surface area contributed by atoms with Crippen LogP contribution in [0.25, 0.3) is 5.82 Å². The SMILES string of the molecule is O=C(CC1Sc2ccc(Cl)cc2NC1=O)Nc1cccnc1-n1cncn1. The van der Waals surface area contributed by atoms with Crippen molar-refractivity contribution in [2.75, 3.05) is 10.6 Å². The molecule has 0 fully saturated rings. The fourth-order valence-corrected chi connectivity index (χ4v) is 3.88. The number of hydrogen-bond donors (Lipinski definition) is 2. The second-order valence-corrected chi connectivity index (χ2v) is 7.38. The number of benzene rings is 1. The Kier molecular flexibility index (Phi) is 4.78. The summed E-state index contributed by atoms with van der Waals surface area (Å²) < 4.78 is 1.46. The Labute approximate surface area is 163 Å². The third kappa shape index (κ3) is 3.79. The van der Waals surface area contributed by atoms with Crippen LogP contribution >= 0.6 is 23.4 Å². The lowest BCUT2D eigenvalue weighted by molar-refractivity contribution is -0.120. The van der Waals surface area contributed by atoms with Gasteiger partial charge in [-0.3, -0.25) is 9.59 Å². The second-order valence-electron chi connectivity index (χ2n) is 5.70. The largest absolute Gasteiger partial charge is 0.324 e. The zero-order valence-corrected chi connectivity index (χ0v) is 15.4.